The normalized spacial score (nSPS) is 10.9. The molecule has 2 atom stereocenters. The molecule has 5 nitrogen and oxygen atoms in total. The third-order valence-electron chi connectivity index (χ3n) is 1.18. The van der Waals surface area contributed by atoms with Gasteiger partial charge in [-0.2, -0.15) is 0 Å². The van der Waals surface area contributed by atoms with Crippen molar-refractivity contribution in [1.29, 1.82) is 0 Å². The van der Waals surface area contributed by atoms with Crippen LogP contribution < -0.4 is 9.79 Å². The predicted octanol–water partition coefficient (Wildman–Crippen LogP) is 2.20. The first kappa shape index (κ1) is 19.8. The van der Waals surface area contributed by atoms with Gasteiger partial charge in [-0.1, -0.05) is 30.3 Å². The van der Waals surface area contributed by atoms with Crippen LogP contribution in [0.25, 0.3) is 0 Å². The summed E-state index contributed by atoms with van der Waals surface area (Å²) in [6.07, 6.45) is 0. The van der Waals surface area contributed by atoms with E-state index in [1.807, 2.05) is 30.3 Å². The van der Waals surface area contributed by atoms with E-state index in [0.717, 1.165) is 5.56 Å². The van der Waals surface area contributed by atoms with E-state index < -0.39 is 21.3 Å². The average Bonchev–Trinajstić information content (AvgIpc) is 2.17. The molecular formula is C7H6Cl2O5P2Zn+2. The van der Waals surface area contributed by atoms with Gasteiger partial charge in [0.2, 0.25) is 0 Å². The minimum Gasteiger partial charge on any atom is -0.563 e. The molecule has 0 aromatic heterocycles. The smallest absolute Gasteiger partial charge is 0.563 e. The zero-order chi connectivity index (χ0) is 12.6. The molecule has 0 fully saturated rings. The monoisotopic (exact) mass is 366 g/mol. The first-order valence-corrected chi connectivity index (χ1v) is 6.80. The van der Waals surface area contributed by atoms with Crippen LogP contribution in [0.4, 0.5) is 0 Å². The summed E-state index contributed by atoms with van der Waals surface area (Å²) < 4.78 is 21.6. The standard InChI is InChI=1S/C7H6Cl2.O5P2.Zn/c8-7(9)6-4-2-1-3-5-6;1-6(2)5-7(3)4;/h1-5,7H;;/q;;+2. The molecule has 88 valence electrons. The van der Waals surface area contributed by atoms with Crippen molar-refractivity contribution in [3.8, 4) is 0 Å². The van der Waals surface area contributed by atoms with E-state index in [0.29, 0.717) is 0 Å². The van der Waals surface area contributed by atoms with Crippen LogP contribution in [-0.4, -0.2) is 0 Å². The maximum absolute atomic E-state index is 9.24. The molecule has 2 unspecified atom stereocenters. The summed E-state index contributed by atoms with van der Waals surface area (Å²) in [6, 6.07) is 9.54. The molecule has 0 aliphatic rings. The molecular weight excluding hydrogens is 362 g/mol. The van der Waals surface area contributed by atoms with Gasteiger partial charge in [-0.05, 0) is 14.7 Å². The van der Waals surface area contributed by atoms with Crippen molar-refractivity contribution >= 4 is 39.7 Å². The van der Waals surface area contributed by atoms with Crippen molar-refractivity contribution in [2.24, 2.45) is 0 Å². The maximum Gasteiger partial charge on any atom is 2.00 e. The Morgan fingerprint density at radius 1 is 1.06 bits per heavy atom. The number of hydrogen-bond donors (Lipinski definition) is 0. The van der Waals surface area contributed by atoms with Gasteiger partial charge in [-0.25, -0.2) is 0 Å². The molecule has 1 aromatic carbocycles. The summed E-state index contributed by atoms with van der Waals surface area (Å²) in [6.45, 7) is 0. The van der Waals surface area contributed by atoms with Gasteiger partial charge in [-0.3, -0.25) is 0 Å². The summed E-state index contributed by atoms with van der Waals surface area (Å²) in [4.78, 5) is 18.1. The van der Waals surface area contributed by atoms with Crippen LogP contribution in [0.3, 0.4) is 0 Å². The number of benzene rings is 1. The molecule has 10 heteroatoms. The van der Waals surface area contributed by atoms with Crippen LogP contribution in [0.2, 0.25) is 0 Å². The van der Waals surface area contributed by atoms with E-state index >= 15 is 0 Å². The summed E-state index contributed by atoms with van der Waals surface area (Å²) in [5, 5.41) is 0. The van der Waals surface area contributed by atoms with Gasteiger partial charge in [0, 0.05) is 0 Å². The Bertz CT molecular complexity index is 339. The molecule has 0 radical (unpaired) electrons. The van der Waals surface area contributed by atoms with E-state index in [4.69, 9.17) is 23.2 Å². The summed E-state index contributed by atoms with van der Waals surface area (Å²) in [5.41, 5.74) is 0.945. The SMILES string of the molecule is ClC(Cl)c1ccccc1.O=[P+]([O-])O[P+](=O)[O-].[Zn+2]. The van der Waals surface area contributed by atoms with Gasteiger partial charge >= 0.3 is 36.0 Å². The van der Waals surface area contributed by atoms with Gasteiger partial charge in [0.05, 0.1) is 0 Å². The maximum atomic E-state index is 9.24. The number of halogens is 2. The molecule has 0 aliphatic carbocycles. The van der Waals surface area contributed by atoms with Gasteiger partial charge in [0.25, 0.3) is 0 Å². The summed E-state index contributed by atoms with van der Waals surface area (Å²) in [7, 11) is -6.47. The van der Waals surface area contributed by atoms with Crippen molar-refractivity contribution < 1.29 is 42.7 Å². The van der Waals surface area contributed by atoms with Gasteiger partial charge < -0.3 is 9.79 Å². The Balaban J connectivity index is 0. The molecule has 0 spiro atoms. The van der Waals surface area contributed by atoms with Gasteiger partial charge in [0.15, 0.2) is 0 Å². The Kier molecular flexibility index (Phi) is 13.5. The molecule has 0 heterocycles. The molecule has 0 amide bonds. The van der Waals surface area contributed by atoms with E-state index in [-0.39, 0.29) is 19.5 Å². The van der Waals surface area contributed by atoms with Crippen LogP contribution in [0, 0.1) is 0 Å². The van der Waals surface area contributed by atoms with Crippen LogP contribution in [0.1, 0.15) is 10.4 Å². The molecule has 1 aromatic rings. The Morgan fingerprint density at radius 3 is 1.65 bits per heavy atom. The van der Waals surface area contributed by atoms with Crippen molar-refractivity contribution in [1.82, 2.24) is 0 Å². The van der Waals surface area contributed by atoms with Gasteiger partial charge in [0.1, 0.15) is 9.15 Å². The van der Waals surface area contributed by atoms with Crippen molar-refractivity contribution in [3.63, 3.8) is 0 Å². The Morgan fingerprint density at radius 2 is 1.47 bits per heavy atom. The molecule has 0 saturated heterocycles. The molecule has 0 saturated carbocycles. The Labute approximate surface area is 123 Å². The van der Waals surface area contributed by atoms with E-state index in [9.17, 15) is 18.9 Å². The second kappa shape index (κ2) is 11.6. The zero-order valence-corrected chi connectivity index (χ0v) is 14.6. The Hall–Kier alpha value is 0.503. The summed E-state index contributed by atoms with van der Waals surface area (Å²) in [5.74, 6) is 0. The molecule has 0 aliphatic heterocycles. The number of hydrogen-bond acceptors (Lipinski definition) is 5. The second-order valence-corrected chi connectivity index (χ2v) is 4.88. The van der Waals surface area contributed by atoms with E-state index in [1.54, 1.807) is 0 Å². The predicted molar refractivity (Wildman–Crippen MR) is 57.2 cm³/mol. The number of alkyl halides is 2. The zero-order valence-electron chi connectivity index (χ0n) is 8.36. The van der Waals surface area contributed by atoms with E-state index in [2.05, 4.69) is 4.31 Å². The third-order valence-corrected chi connectivity index (χ3v) is 2.76. The van der Waals surface area contributed by atoms with Crippen LogP contribution in [-0.2, 0) is 32.9 Å². The average molecular weight is 368 g/mol. The topological polar surface area (TPSA) is 89.5 Å². The van der Waals surface area contributed by atoms with Crippen LogP contribution in [0.15, 0.2) is 30.3 Å². The fourth-order valence-electron chi connectivity index (χ4n) is 0.653. The van der Waals surface area contributed by atoms with Crippen molar-refractivity contribution in [3.05, 3.63) is 35.9 Å². The molecule has 1 rings (SSSR count). The first-order chi connectivity index (χ1) is 7.43. The van der Waals surface area contributed by atoms with E-state index in [1.165, 1.54) is 0 Å². The summed E-state index contributed by atoms with van der Waals surface area (Å²) >= 11 is 11.1. The molecule has 17 heavy (non-hydrogen) atoms. The fourth-order valence-corrected chi connectivity index (χ4v) is 1.38. The second-order valence-electron chi connectivity index (χ2n) is 2.24. The third kappa shape index (κ3) is 12.7. The van der Waals surface area contributed by atoms with Crippen molar-refractivity contribution in [2.75, 3.05) is 0 Å². The fraction of sp³-hybridized carbons (Fsp3) is 0.143. The molecule has 0 bridgehead atoms. The van der Waals surface area contributed by atoms with Crippen LogP contribution >= 0.6 is 39.7 Å². The van der Waals surface area contributed by atoms with Crippen molar-refractivity contribution in [2.45, 2.75) is 4.84 Å². The minimum atomic E-state index is -3.24. The largest absolute Gasteiger partial charge is 2.00 e. The minimum absolute atomic E-state index is 0. The number of rotatable bonds is 3. The molecule has 0 N–H and O–H groups in total. The first-order valence-electron chi connectivity index (χ1n) is 3.73. The van der Waals surface area contributed by atoms with Gasteiger partial charge in [-0.15, -0.1) is 23.2 Å². The quantitative estimate of drug-likeness (QED) is 0.464. The van der Waals surface area contributed by atoms with Crippen LogP contribution in [0.5, 0.6) is 0 Å².